The van der Waals surface area contributed by atoms with Crippen molar-refractivity contribution < 1.29 is 22.7 Å². The minimum absolute atomic E-state index is 0.287. The van der Waals surface area contributed by atoms with Crippen LogP contribution in [-0.2, 0) is 15.6 Å². The van der Waals surface area contributed by atoms with Crippen LogP contribution in [0.4, 0.5) is 9.18 Å². The number of nitrogens with two attached hydrogens (primary N) is 1. The van der Waals surface area contributed by atoms with Gasteiger partial charge in [-0.15, -0.1) is 0 Å². The van der Waals surface area contributed by atoms with Crippen molar-refractivity contribution in [3.8, 4) is 0 Å². The number of hydrogen-bond acceptors (Lipinski definition) is 3. The molecule has 0 saturated carbocycles. The van der Waals surface area contributed by atoms with Crippen LogP contribution < -0.4 is 10.5 Å². The molecule has 0 fully saturated rings. The Hall–Kier alpha value is -1.67. The van der Waals surface area contributed by atoms with E-state index in [9.17, 15) is 17.6 Å². The standard InChI is InChI=1S/C10H13FN2O4S/c1-10(2,13-9(14)15)6-3-4-8(7(11)5-6)18(12,16)17/h3-5,13H,1-2H3,(H,14,15)(H2,12,16,17). The van der Waals surface area contributed by atoms with Crippen LogP contribution in [0.15, 0.2) is 23.1 Å². The Morgan fingerprint density at radius 1 is 1.44 bits per heavy atom. The summed E-state index contributed by atoms with van der Waals surface area (Å²) in [5, 5.41) is 15.7. The number of carboxylic acid groups (broad SMARTS) is 1. The van der Waals surface area contributed by atoms with Gasteiger partial charge in [0, 0.05) is 0 Å². The number of nitrogens with one attached hydrogen (secondary N) is 1. The van der Waals surface area contributed by atoms with E-state index in [1.165, 1.54) is 19.9 Å². The summed E-state index contributed by atoms with van der Waals surface area (Å²) in [6.07, 6.45) is -1.27. The Morgan fingerprint density at radius 2 is 2.00 bits per heavy atom. The average molecular weight is 276 g/mol. The summed E-state index contributed by atoms with van der Waals surface area (Å²) in [5.41, 5.74) is -0.765. The number of primary sulfonamides is 1. The molecule has 8 heteroatoms. The molecule has 0 atom stereocenters. The van der Waals surface area contributed by atoms with Gasteiger partial charge in [-0.1, -0.05) is 6.07 Å². The molecular weight excluding hydrogens is 263 g/mol. The molecule has 1 aromatic carbocycles. The molecule has 1 rings (SSSR count). The zero-order valence-corrected chi connectivity index (χ0v) is 10.6. The molecule has 0 radical (unpaired) electrons. The van der Waals surface area contributed by atoms with Gasteiger partial charge in [0.1, 0.15) is 10.7 Å². The SMILES string of the molecule is CC(C)(NC(=O)O)c1ccc(S(N)(=O)=O)c(F)c1. The maximum absolute atomic E-state index is 13.6. The van der Waals surface area contributed by atoms with E-state index in [1.807, 2.05) is 0 Å². The highest BCUT2D eigenvalue weighted by Gasteiger charge is 2.25. The first-order valence-corrected chi connectivity index (χ1v) is 6.42. The van der Waals surface area contributed by atoms with E-state index < -0.39 is 32.4 Å². The normalized spacial score (nSPS) is 12.2. The van der Waals surface area contributed by atoms with E-state index in [0.717, 1.165) is 12.1 Å². The van der Waals surface area contributed by atoms with Gasteiger partial charge in [-0.2, -0.15) is 0 Å². The molecule has 0 bridgehead atoms. The van der Waals surface area contributed by atoms with Crippen molar-refractivity contribution in [2.24, 2.45) is 5.14 Å². The van der Waals surface area contributed by atoms with E-state index >= 15 is 0 Å². The highest BCUT2D eigenvalue weighted by molar-refractivity contribution is 7.89. The Kier molecular flexibility index (Phi) is 3.63. The first kappa shape index (κ1) is 14.4. The Labute approximate surface area is 104 Å². The highest BCUT2D eigenvalue weighted by atomic mass is 32.2. The summed E-state index contributed by atoms with van der Waals surface area (Å²) < 4.78 is 35.6. The van der Waals surface area contributed by atoms with Crippen LogP contribution in [0.2, 0.25) is 0 Å². The Bertz CT molecular complexity index is 584. The van der Waals surface area contributed by atoms with Gasteiger partial charge < -0.3 is 10.4 Å². The molecular formula is C10H13FN2O4S. The van der Waals surface area contributed by atoms with E-state index in [-0.39, 0.29) is 5.56 Å². The van der Waals surface area contributed by atoms with Crippen molar-refractivity contribution in [1.29, 1.82) is 0 Å². The quantitative estimate of drug-likeness (QED) is 0.764. The van der Waals surface area contributed by atoms with Gasteiger partial charge in [0.25, 0.3) is 0 Å². The third-order valence-corrected chi connectivity index (χ3v) is 3.32. The van der Waals surface area contributed by atoms with Crippen LogP contribution in [0, 0.1) is 5.82 Å². The predicted molar refractivity (Wildman–Crippen MR) is 62.0 cm³/mol. The van der Waals surface area contributed by atoms with Gasteiger partial charge in [0.05, 0.1) is 5.54 Å². The molecule has 0 saturated heterocycles. The molecule has 1 aromatic rings. The van der Waals surface area contributed by atoms with Gasteiger partial charge in [-0.3, -0.25) is 0 Å². The molecule has 0 unspecified atom stereocenters. The molecule has 100 valence electrons. The highest BCUT2D eigenvalue weighted by Crippen LogP contribution is 2.23. The number of amides is 1. The smallest absolute Gasteiger partial charge is 0.405 e. The van der Waals surface area contributed by atoms with Crippen LogP contribution in [-0.4, -0.2) is 19.6 Å². The van der Waals surface area contributed by atoms with Crippen LogP contribution in [0.25, 0.3) is 0 Å². The monoisotopic (exact) mass is 276 g/mol. The van der Waals surface area contributed by atoms with Crippen LogP contribution >= 0.6 is 0 Å². The lowest BCUT2D eigenvalue weighted by atomic mass is 9.94. The lowest BCUT2D eigenvalue weighted by Crippen LogP contribution is -2.40. The van der Waals surface area contributed by atoms with Gasteiger partial charge in [-0.05, 0) is 31.5 Å². The molecule has 1 amide bonds. The fourth-order valence-corrected chi connectivity index (χ4v) is 2.05. The minimum Gasteiger partial charge on any atom is -0.465 e. The topological polar surface area (TPSA) is 109 Å². The van der Waals surface area contributed by atoms with Gasteiger partial charge in [0.2, 0.25) is 10.0 Å². The number of hydrogen-bond donors (Lipinski definition) is 3. The summed E-state index contributed by atoms with van der Waals surface area (Å²) in [5.74, 6) is -1.02. The molecule has 0 aromatic heterocycles. The molecule has 0 spiro atoms. The number of halogens is 1. The second kappa shape index (κ2) is 4.54. The van der Waals surface area contributed by atoms with Crippen molar-refractivity contribution in [2.45, 2.75) is 24.3 Å². The predicted octanol–water partition coefficient (Wildman–Crippen LogP) is 0.976. The molecule has 6 nitrogen and oxygen atoms in total. The summed E-state index contributed by atoms with van der Waals surface area (Å²) in [7, 11) is -4.13. The number of rotatable bonds is 3. The minimum atomic E-state index is -4.13. The van der Waals surface area contributed by atoms with Crippen molar-refractivity contribution >= 4 is 16.1 Å². The van der Waals surface area contributed by atoms with E-state index in [1.54, 1.807) is 0 Å². The number of sulfonamides is 1. The van der Waals surface area contributed by atoms with Crippen molar-refractivity contribution in [1.82, 2.24) is 5.32 Å². The summed E-state index contributed by atoms with van der Waals surface area (Å²) in [4.78, 5) is 9.95. The maximum Gasteiger partial charge on any atom is 0.405 e. The van der Waals surface area contributed by atoms with Gasteiger partial charge in [-0.25, -0.2) is 22.7 Å². The number of carbonyl (C=O) groups is 1. The number of benzene rings is 1. The van der Waals surface area contributed by atoms with Gasteiger partial charge >= 0.3 is 6.09 Å². The molecule has 0 heterocycles. The zero-order valence-electron chi connectivity index (χ0n) is 9.77. The molecule has 0 aliphatic heterocycles. The van der Waals surface area contributed by atoms with Gasteiger partial charge in [0.15, 0.2) is 0 Å². The van der Waals surface area contributed by atoms with Crippen molar-refractivity contribution in [3.05, 3.63) is 29.6 Å². The Balaban J connectivity index is 3.24. The second-order valence-electron chi connectivity index (χ2n) is 4.25. The molecule has 0 aliphatic rings. The second-order valence-corrected chi connectivity index (χ2v) is 5.78. The summed E-state index contributed by atoms with van der Waals surface area (Å²) >= 11 is 0. The van der Waals surface area contributed by atoms with Crippen LogP contribution in [0.5, 0.6) is 0 Å². The zero-order chi connectivity index (χ0) is 14.1. The molecule has 18 heavy (non-hydrogen) atoms. The van der Waals surface area contributed by atoms with E-state index in [2.05, 4.69) is 5.32 Å². The Morgan fingerprint density at radius 3 is 2.39 bits per heavy atom. The lowest BCUT2D eigenvalue weighted by molar-refractivity contribution is 0.182. The van der Waals surface area contributed by atoms with E-state index in [0.29, 0.717) is 0 Å². The third-order valence-electron chi connectivity index (χ3n) is 2.38. The fourth-order valence-electron chi connectivity index (χ4n) is 1.46. The van der Waals surface area contributed by atoms with Crippen LogP contribution in [0.3, 0.4) is 0 Å². The fraction of sp³-hybridized carbons (Fsp3) is 0.300. The maximum atomic E-state index is 13.6. The first-order chi connectivity index (χ1) is 8.04. The van der Waals surface area contributed by atoms with Crippen molar-refractivity contribution in [3.63, 3.8) is 0 Å². The largest absolute Gasteiger partial charge is 0.465 e. The van der Waals surface area contributed by atoms with Crippen molar-refractivity contribution in [2.75, 3.05) is 0 Å². The average Bonchev–Trinajstić information content (AvgIpc) is 2.13. The summed E-state index contributed by atoms with van der Waals surface area (Å²) in [6.45, 7) is 3.04. The van der Waals surface area contributed by atoms with E-state index in [4.69, 9.17) is 10.2 Å². The van der Waals surface area contributed by atoms with Crippen LogP contribution in [0.1, 0.15) is 19.4 Å². The first-order valence-electron chi connectivity index (χ1n) is 4.88. The summed E-state index contributed by atoms with van der Waals surface area (Å²) in [6, 6.07) is 3.25. The molecule has 0 aliphatic carbocycles. The molecule has 4 N–H and O–H groups in total. The lowest BCUT2D eigenvalue weighted by Gasteiger charge is -2.25. The third kappa shape index (κ3) is 3.17.